The van der Waals surface area contributed by atoms with Crippen LogP contribution in [0, 0.1) is 0 Å². The first-order valence-electron chi connectivity index (χ1n) is 5.76. The van der Waals surface area contributed by atoms with Gasteiger partial charge < -0.3 is 20.7 Å². The number of hydrogen-bond donors (Lipinski definition) is 2. The van der Waals surface area contributed by atoms with Gasteiger partial charge in [-0.15, -0.1) is 0 Å². The van der Waals surface area contributed by atoms with E-state index in [9.17, 15) is 4.79 Å². The molecule has 1 heterocycles. The van der Waals surface area contributed by atoms with E-state index in [1.807, 2.05) is 18.2 Å². The fourth-order valence-corrected chi connectivity index (χ4v) is 1.78. The molecule has 1 aromatic carbocycles. The van der Waals surface area contributed by atoms with Crippen LogP contribution in [0.1, 0.15) is 5.56 Å². The number of benzene rings is 1. The second kappa shape index (κ2) is 5.65. The van der Waals surface area contributed by atoms with Gasteiger partial charge in [0.05, 0.1) is 0 Å². The highest BCUT2D eigenvalue weighted by molar-refractivity contribution is 5.71. The van der Waals surface area contributed by atoms with Crippen LogP contribution >= 0.6 is 0 Å². The largest absolute Gasteiger partial charge is 0.415 e. The monoisotopic (exact) mass is 235 g/mol. The number of carbonyl (C=O) groups excluding carboxylic acids is 1. The first-order chi connectivity index (χ1) is 8.31. The number of ether oxygens (including phenoxy) is 1. The topological polar surface area (TPSA) is 67.6 Å². The van der Waals surface area contributed by atoms with Crippen molar-refractivity contribution in [2.45, 2.75) is 6.54 Å². The molecule has 17 heavy (non-hydrogen) atoms. The number of para-hydroxylation sites is 1. The molecule has 1 aliphatic heterocycles. The van der Waals surface area contributed by atoms with Crippen LogP contribution in [0.25, 0.3) is 0 Å². The number of nitrogens with two attached hydrogens (primary N) is 1. The summed E-state index contributed by atoms with van der Waals surface area (Å²) >= 11 is 0. The van der Waals surface area contributed by atoms with Gasteiger partial charge in [-0.1, -0.05) is 18.2 Å². The van der Waals surface area contributed by atoms with Gasteiger partial charge in [0.1, 0.15) is 5.75 Å². The third-order valence-corrected chi connectivity index (χ3v) is 2.76. The van der Waals surface area contributed by atoms with Gasteiger partial charge >= 0.3 is 6.09 Å². The third-order valence-electron chi connectivity index (χ3n) is 2.76. The number of carbonyl (C=O) groups is 1. The highest BCUT2D eigenvalue weighted by Gasteiger charge is 2.18. The Labute approximate surface area is 101 Å². The molecule has 0 aliphatic carbocycles. The lowest BCUT2D eigenvalue weighted by molar-refractivity contribution is 0.145. The highest BCUT2D eigenvalue weighted by atomic mass is 16.6. The lowest BCUT2D eigenvalue weighted by Crippen LogP contribution is -2.47. The molecular formula is C12H17N3O2. The smallest absolute Gasteiger partial charge is 0.410 e. The summed E-state index contributed by atoms with van der Waals surface area (Å²) in [6.45, 7) is 3.36. The standard InChI is InChI=1S/C12H17N3O2/c13-9-10-3-1-2-4-11(10)17-12(16)15-7-5-14-6-8-15/h1-4,14H,5-9,13H2. The molecule has 0 bridgehead atoms. The molecule has 92 valence electrons. The zero-order valence-corrected chi connectivity index (χ0v) is 9.69. The van der Waals surface area contributed by atoms with Crippen molar-refractivity contribution in [3.05, 3.63) is 29.8 Å². The number of nitrogens with zero attached hydrogens (tertiary/aromatic N) is 1. The Morgan fingerprint density at radius 1 is 1.35 bits per heavy atom. The molecule has 1 amide bonds. The van der Waals surface area contributed by atoms with Gasteiger partial charge in [0.15, 0.2) is 0 Å². The van der Waals surface area contributed by atoms with Crippen LogP contribution in [0.5, 0.6) is 5.75 Å². The van der Waals surface area contributed by atoms with E-state index < -0.39 is 0 Å². The molecule has 0 atom stereocenters. The summed E-state index contributed by atoms with van der Waals surface area (Å²) in [5.41, 5.74) is 6.43. The molecule has 0 spiro atoms. The number of rotatable bonds is 2. The van der Waals surface area contributed by atoms with Crippen LogP contribution < -0.4 is 15.8 Å². The summed E-state index contributed by atoms with van der Waals surface area (Å²) in [5, 5.41) is 3.19. The van der Waals surface area contributed by atoms with Crippen molar-refractivity contribution < 1.29 is 9.53 Å². The summed E-state index contributed by atoms with van der Waals surface area (Å²) in [5.74, 6) is 0.554. The van der Waals surface area contributed by atoms with Crippen molar-refractivity contribution in [3.63, 3.8) is 0 Å². The number of amides is 1. The van der Waals surface area contributed by atoms with Crippen LogP contribution in [-0.4, -0.2) is 37.2 Å². The van der Waals surface area contributed by atoms with Gasteiger partial charge in [-0.05, 0) is 6.07 Å². The van der Waals surface area contributed by atoms with Crippen molar-refractivity contribution in [3.8, 4) is 5.75 Å². The molecule has 1 fully saturated rings. The molecule has 5 nitrogen and oxygen atoms in total. The van der Waals surface area contributed by atoms with Gasteiger partial charge in [0, 0.05) is 38.3 Å². The van der Waals surface area contributed by atoms with Crippen LogP contribution in [0.15, 0.2) is 24.3 Å². The third kappa shape index (κ3) is 2.95. The Balaban J connectivity index is 2.01. The first kappa shape index (κ1) is 11.9. The van der Waals surface area contributed by atoms with Crippen molar-refractivity contribution >= 4 is 6.09 Å². The van der Waals surface area contributed by atoms with Crippen LogP contribution in [0.2, 0.25) is 0 Å². The maximum absolute atomic E-state index is 11.9. The predicted molar refractivity (Wildman–Crippen MR) is 64.8 cm³/mol. The molecule has 2 rings (SSSR count). The van der Waals surface area contributed by atoms with Crippen molar-refractivity contribution in [2.24, 2.45) is 5.73 Å². The van der Waals surface area contributed by atoms with Crippen LogP contribution in [0.3, 0.4) is 0 Å². The number of piperazine rings is 1. The second-order valence-corrected chi connectivity index (χ2v) is 3.92. The average Bonchev–Trinajstić information content (AvgIpc) is 2.40. The maximum Gasteiger partial charge on any atom is 0.415 e. The van der Waals surface area contributed by atoms with Crippen molar-refractivity contribution in [1.29, 1.82) is 0 Å². The minimum absolute atomic E-state index is 0.299. The zero-order chi connectivity index (χ0) is 12.1. The molecule has 5 heteroatoms. The Morgan fingerprint density at radius 3 is 2.76 bits per heavy atom. The Bertz CT molecular complexity index is 389. The lowest BCUT2D eigenvalue weighted by Gasteiger charge is -2.26. The first-order valence-corrected chi connectivity index (χ1v) is 5.76. The summed E-state index contributed by atoms with van der Waals surface area (Å²) < 4.78 is 5.36. The van der Waals surface area contributed by atoms with Gasteiger partial charge in [-0.2, -0.15) is 0 Å². The van der Waals surface area contributed by atoms with Crippen LogP contribution in [0.4, 0.5) is 4.79 Å². The van der Waals surface area contributed by atoms with E-state index in [0.29, 0.717) is 25.4 Å². The summed E-state index contributed by atoms with van der Waals surface area (Å²) in [4.78, 5) is 13.6. The predicted octanol–water partition coefficient (Wildman–Crippen LogP) is 0.549. The fourth-order valence-electron chi connectivity index (χ4n) is 1.78. The van der Waals surface area contributed by atoms with E-state index in [1.54, 1.807) is 11.0 Å². The molecular weight excluding hydrogens is 218 g/mol. The summed E-state index contributed by atoms with van der Waals surface area (Å²) in [6, 6.07) is 7.34. The van der Waals surface area contributed by atoms with E-state index in [4.69, 9.17) is 10.5 Å². The lowest BCUT2D eigenvalue weighted by atomic mass is 10.2. The van der Waals surface area contributed by atoms with Gasteiger partial charge in [0.2, 0.25) is 0 Å². The van der Waals surface area contributed by atoms with E-state index in [2.05, 4.69) is 5.32 Å². The quantitative estimate of drug-likeness (QED) is 0.785. The average molecular weight is 235 g/mol. The van der Waals surface area contributed by atoms with E-state index in [1.165, 1.54) is 0 Å². The second-order valence-electron chi connectivity index (χ2n) is 3.92. The molecule has 0 saturated carbocycles. The fraction of sp³-hybridized carbons (Fsp3) is 0.417. The molecule has 1 saturated heterocycles. The summed E-state index contributed by atoms with van der Waals surface area (Å²) in [7, 11) is 0. The Kier molecular flexibility index (Phi) is 3.95. The van der Waals surface area contributed by atoms with Crippen LogP contribution in [-0.2, 0) is 6.54 Å². The van der Waals surface area contributed by atoms with Crippen molar-refractivity contribution in [1.82, 2.24) is 10.2 Å². The number of nitrogens with one attached hydrogen (secondary N) is 1. The Morgan fingerprint density at radius 2 is 2.06 bits per heavy atom. The van der Waals surface area contributed by atoms with E-state index in [-0.39, 0.29) is 6.09 Å². The molecule has 1 aromatic rings. The highest BCUT2D eigenvalue weighted by Crippen LogP contribution is 2.18. The zero-order valence-electron chi connectivity index (χ0n) is 9.69. The SMILES string of the molecule is NCc1ccccc1OC(=O)N1CCNCC1. The summed E-state index contributed by atoms with van der Waals surface area (Å²) in [6.07, 6.45) is -0.299. The van der Waals surface area contributed by atoms with E-state index in [0.717, 1.165) is 18.7 Å². The minimum Gasteiger partial charge on any atom is -0.410 e. The Hall–Kier alpha value is -1.59. The normalized spacial score (nSPS) is 15.7. The van der Waals surface area contributed by atoms with Gasteiger partial charge in [-0.3, -0.25) is 0 Å². The molecule has 3 N–H and O–H groups in total. The van der Waals surface area contributed by atoms with E-state index >= 15 is 0 Å². The van der Waals surface area contributed by atoms with Gasteiger partial charge in [-0.25, -0.2) is 4.79 Å². The molecule has 0 radical (unpaired) electrons. The molecule has 0 aromatic heterocycles. The van der Waals surface area contributed by atoms with Crippen molar-refractivity contribution in [2.75, 3.05) is 26.2 Å². The minimum atomic E-state index is -0.299. The number of hydrogen-bond acceptors (Lipinski definition) is 4. The maximum atomic E-state index is 11.9. The molecule has 1 aliphatic rings. The molecule has 0 unspecified atom stereocenters. The van der Waals surface area contributed by atoms with Gasteiger partial charge in [0.25, 0.3) is 0 Å².